The van der Waals surface area contributed by atoms with Crippen molar-refractivity contribution in [3.63, 3.8) is 0 Å². The number of nitrogens with one attached hydrogen (secondary N) is 2. The molecule has 0 spiro atoms. The number of ether oxygens (including phenoxy) is 3. The van der Waals surface area contributed by atoms with E-state index >= 15 is 0 Å². The normalized spacial score (nSPS) is 15.3. The van der Waals surface area contributed by atoms with E-state index in [2.05, 4.69) is 27.3 Å². The third-order valence-electron chi connectivity index (χ3n) is 6.30. The average Bonchev–Trinajstić information content (AvgIpc) is 3.27. The Labute approximate surface area is 195 Å². The number of hydrogen-bond donors (Lipinski definition) is 2. The standard InChI is InChI=1S/C26H33N3O4/c1-31-24-11-10-19(16-25(24)32-2)23(29-12-14-33-15-13-29)18-28-26(30)9-5-6-20-17-27-22-8-4-3-7-21(20)22/h3-4,7-8,10-11,16-17,23,27H,5-6,9,12-15,18H2,1-2H3,(H,28,30). The van der Waals surface area contributed by atoms with Crippen molar-refractivity contribution in [2.45, 2.75) is 25.3 Å². The van der Waals surface area contributed by atoms with E-state index in [-0.39, 0.29) is 11.9 Å². The molecule has 7 nitrogen and oxygen atoms in total. The first kappa shape index (κ1) is 23.1. The van der Waals surface area contributed by atoms with Crippen molar-refractivity contribution in [1.29, 1.82) is 0 Å². The molecular weight excluding hydrogens is 418 g/mol. The SMILES string of the molecule is COc1ccc(C(CNC(=O)CCCc2c[nH]c3ccccc23)N2CCOCC2)cc1OC. The van der Waals surface area contributed by atoms with Gasteiger partial charge in [0.05, 0.1) is 33.5 Å². The fraction of sp³-hybridized carbons (Fsp3) is 0.423. The van der Waals surface area contributed by atoms with Crippen LogP contribution in [-0.2, 0) is 16.0 Å². The zero-order valence-corrected chi connectivity index (χ0v) is 19.4. The third-order valence-corrected chi connectivity index (χ3v) is 6.30. The van der Waals surface area contributed by atoms with Crippen molar-refractivity contribution in [2.24, 2.45) is 0 Å². The van der Waals surface area contributed by atoms with Crippen LogP contribution in [0.25, 0.3) is 10.9 Å². The lowest BCUT2D eigenvalue weighted by molar-refractivity contribution is -0.121. The summed E-state index contributed by atoms with van der Waals surface area (Å²) in [5.74, 6) is 1.47. The minimum absolute atomic E-state index is 0.0475. The van der Waals surface area contributed by atoms with Gasteiger partial charge in [-0.3, -0.25) is 9.69 Å². The van der Waals surface area contributed by atoms with Crippen molar-refractivity contribution >= 4 is 16.8 Å². The molecule has 33 heavy (non-hydrogen) atoms. The lowest BCUT2D eigenvalue weighted by Gasteiger charge is -2.35. The van der Waals surface area contributed by atoms with Gasteiger partial charge in [-0.15, -0.1) is 0 Å². The zero-order valence-electron chi connectivity index (χ0n) is 19.4. The molecule has 2 N–H and O–H groups in total. The molecule has 0 bridgehead atoms. The predicted octanol–water partition coefficient (Wildman–Crippen LogP) is 3.70. The lowest BCUT2D eigenvalue weighted by atomic mass is 10.0. The van der Waals surface area contributed by atoms with E-state index in [0.29, 0.717) is 37.7 Å². The van der Waals surface area contributed by atoms with Crippen LogP contribution < -0.4 is 14.8 Å². The molecule has 176 valence electrons. The Hall–Kier alpha value is -3.03. The summed E-state index contributed by atoms with van der Waals surface area (Å²) in [6.45, 7) is 3.59. The highest BCUT2D eigenvalue weighted by molar-refractivity contribution is 5.83. The number of rotatable bonds is 10. The number of morpholine rings is 1. The number of benzene rings is 2. The summed E-state index contributed by atoms with van der Waals surface area (Å²) in [5, 5.41) is 4.40. The number of aryl methyl sites for hydroxylation is 1. The number of aromatic nitrogens is 1. The van der Waals surface area contributed by atoms with Gasteiger partial charge in [-0.05, 0) is 42.2 Å². The number of para-hydroxylation sites is 1. The van der Waals surface area contributed by atoms with Crippen LogP contribution in [0.5, 0.6) is 11.5 Å². The maximum absolute atomic E-state index is 12.7. The molecule has 1 unspecified atom stereocenters. The molecule has 1 aromatic heterocycles. The van der Waals surface area contributed by atoms with Crippen molar-refractivity contribution in [3.8, 4) is 11.5 Å². The van der Waals surface area contributed by atoms with Gasteiger partial charge in [0.2, 0.25) is 5.91 Å². The fourth-order valence-corrected chi connectivity index (χ4v) is 4.48. The van der Waals surface area contributed by atoms with Gasteiger partial charge in [-0.25, -0.2) is 0 Å². The molecule has 2 heterocycles. The number of aromatic amines is 1. The molecular formula is C26H33N3O4. The van der Waals surface area contributed by atoms with Gasteiger partial charge in [0.25, 0.3) is 0 Å². The number of carbonyl (C=O) groups is 1. The smallest absolute Gasteiger partial charge is 0.220 e. The van der Waals surface area contributed by atoms with Gasteiger partial charge in [-0.1, -0.05) is 24.3 Å². The largest absolute Gasteiger partial charge is 0.493 e. The molecule has 7 heteroatoms. The number of H-pyrrole nitrogens is 1. The van der Waals surface area contributed by atoms with Crippen molar-refractivity contribution < 1.29 is 19.0 Å². The Bertz CT molecular complexity index is 1060. The van der Waals surface area contributed by atoms with E-state index < -0.39 is 0 Å². The number of carbonyl (C=O) groups excluding carboxylic acids is 1. The summed E-state index contributed by atoms with van der Waals surface area (Å²) >= 11 is 0. The average molecular weight is 452 g/mol. The highest BCUT2D eigenvalue weighted by atomic mass is 16.5. The highest BCUT2D eigenvalue weighted by Gasteiger charge is 2.24. The predicted molar refractivity (Wildman–Crippen MR) is 129 cm³/mol. The molecule has 3 aromatic rings. The molecule has 1 fully saturated rings. The molecule has 0 aliphatic carbocycles. The Morgan fingerprint density at radius 1 is 1.12 bits per heavy atom. The van der Waals surface area contributed by atoms with Crippen LogP contribution in [0.15, 0.2) is 48.7 Å². The number of methoxy groups -OCH3 is 2. The molecule has 0 radical (unpaired) electrons. The Morgan fingerprint density at radius 2 is 1.91 bits per heavy atom. The summed E-state index contributed by atoms with van der Waals surface area (Å²) < 4.78 is 16.4. The third kappa shape index (κ3) is 5.67. The Balaban J connectivity index is 1.36. The highest BCUT2D eigenvalue weighted by Crippen LogP contribution is 2.32. The molecule has 2 aromatic carbocycles. The van der Waals surface area contributed by atoms with Crippen LogP contribution in [0, 0.1) is 0 Å². The van der Waals surface area contributed by atoms with Gasteiger partial charge < -0.3 is 24.5 Å². The summed E-state index contributed by atoms with van der Waals surface area (Å²) in [5.41, 5.74) is 3.49. The van der Waals surface area contributed by atoms with E-state index in [9.17, 15) is 4.79 Å². The van der Waals surface area contributed by atoms with Gasteiger partial charge >= 0.3 is 0 Å². The van der Waals surface area contributed by atoms with Crippen molar-refractivity contribution in [2.75, 3.05) is 47.1 Å². The molecule has 1 aliphatic rings. The second-order valence-corrected chi connectivity index (χ2v) is 8.30. The van der Waals surface area contributed by atoms with Crippen LogP contribution in [0.4, 0.5) is 0 Å². The van der Waals surface area contributed by atoms with Crippen LogP contribution in [0.3, 0.4) is 0 Å². The molecule has 1 saturated heterocycles. The minimum atomic E-state index is 0.0475. The first-order valence-corrected chi connectivity index (χ1v) is 11.5. The summed E-state index contributed by atoms with van der Waals surface area (Å²) in [6, 6.07) is 14.3. The molecule has 1 aliphatic heterocycles. The monoisotopic (exact) mass is 451 g/mol. The topological polar surface area (TPSA) is 75.8 Å². The zero-order chi connectivity index (χ0) is 23.0. The van der Waals surface area contributed by atoms with Gasteiger partial charge in [0.1, 0.15) is 0 Å². The van der Waals surface area contributed by atoms with Crippen molar-refractivity contribution in [1.82, 2.24) is 15.2 Å². The molecule has 1 atom stereocenters. The molecule has 4 rings (SSSR count). The van der Waals surface area contributed by atoms with Gasteiger partial charge in [0.15, 0.2) is 11.5 Å². The van der Waals surface area contributed by atoms with Crippen LogP contribution >= 0.6 is 0 Å². The van der Waals surface area contributed by atoms with E-state index in [4.69, 9.17) is 14.2 Å². The van der Waals surface area contributed by atoms with Gasteiger partial charge in [-0.2, -0.15) is 0 Å². The van der Waals surface area contributed by atoms with Gasteiger partial charge in [0, 0.05) is 43.2 Å². The first-order chi connectivity index (χ1) is 16.2. The number of nitrogens with zero attached hydrogens (tertiary/aromatic N) is 1. The second kappa shape index (κ2) is 11.2. The van der Waals surface area contributed by atoms with E-state index in [0.717, 1.165) is 37.0 Å². The Morgan fingerprint density at radius 3 is 2.70 bits per heavy atom. The summed E-state index contributed by atoms with van der Waals surface area (Å²) in [4.78, 5) is 18.3. The number of fused-ring (bicyclic) bond motifs is 1. The van der Waals surface area contributed by atoms with Crippen LogP contribution in [-0.4, -0.2) is 62.9 Å². The van der Waals surface area contributed by atoms with E-state index in [1.807, 2.05) is 36.5 Å². The molecule has 1 amide bonds. The van der Waals surface area contributed by atoms with E-state index in [1.165, 1.54) is 10.9 Å². The number of amides is 1. The van der Waals surface area contributed by atoms with Crippen LogP contribution in [0.2, 0.25) is 0 Å². The van der Waals surface area contributed by atoms with Crippen LogP contribution in [0.1, 0.15) is 30.0 Å². The Kier molecular flexibility index (Phi) is 7.86. The van der Waals surface area contributed by atoms with E-state index in [1.54, 1.807) is 14.2 Å². The first-order valence-electron chi connectivity index (χ1n) is 11.5. The lowest BCUT2D eigenvalue weighted by Crippen LogP contribution is -2.43. The van der Waals surface area contributed by atoms with Crippen molar-refractivity contribution in [3.05, 3.63) is 59.8 Å². The summed E-state index contributed by atoms with van der Waals surface area (Å²) in [7, 11) is 3.27. The molecule has 0 saturated carbocycles. The maximum Gasteiger partial charge on any atom is 0.220 e. The maximum atomic E-state index is 12.7. The second-order valence-electron chi connectivity index (χ2n) is 8.30. The fourth-order valence-electron chi connectivity index (χ4n) is 4.48. The summed E-state index contributed by atoms with van der Waals surface area (Å²) in [6.07, 6.45) is 4.24. The number of hydrogen-bond acceptors (Lipinski definition) is 5. The minimum Gasteiger partial charge on any atom is -0.493 e. The quantitative estimate of drug-likeness (QED) is 0.492.